The lowest BCUT2D eigenvalue weighted by atomic mass is 10.2. The summed E-state index contributed by atoms with van der Waals surface area (Å²) in [7, 11) is 4.81. The van der Waals surface area contributed by atoms with Crippen molar-refractivity contribution in [3.05, 3.63) is 22.2 Å². The van der Waals surface area contributed by atoms with E-state index in [2.05, 4.69) is 31.8 Å². The quantitative estimate of drug-likeness (QED) is 0.423. The lowest BCUT2D eigenvalue weighted by Gasteiger charge is -2.14. The van der Waals surface area contributed by atoms with Crippen molar-refractivity contribution in [2.75, 3.05) is 27.9 Å². The van der Waals surface area contributed by atoms with Crippen LogP contribution in [0.25, 0.3) is 0 Å². The third-order valence-electron chi connectivity index (χ3n) is 2.67. The van der Waals surface area contributed by atoms with Gasteiger partial charge in [0, 0.05) is 23.2 Å². The summed E-state index contributed by atoms with van der Waals surface area (Å²) in [6, 6.07) is 3.74. The Balaban J connectivity index is 2.68. The number of nitrogens with zero attached hydrogens (tertiary/aromatic N) is 1. The van der Waals surface area contributed by atoms with Crippen LogP contribution in [0, 0.1) is 0 Å². The number of halogens is 1. The molecule has 0 unspecified atom stereocenters. The van der Waals surface area contributed by atoms with Crippen LogP contribution < -0.4 is 20.2 Å². The van der Waals surface area contributed by atoms with E-state index in [-0.39, 0.29) is 6.04 Å². The smallest absolute Gasteiger partial charge is 0.187 e. The molecule has 122 valence electrons. The van der Waals surface area contributed by atoms with Gasteiger partial charge in [0.15, 0.2) is 16.6 Å². The van der Waals surface area contributed by atoms with Crippen LogP contribution in [0.15, 0.2) is 21.7 Å². The molecule has 2 N–H and O–H groups in total. The number of thiocarbonyl (C=S) groups is 1. The van der Waals surface area contributed by atoms with Gasteiger partial charge in [0.25, 0.3) is 0 Å². The van der Waals surface area contributed by atoms with Crippen molar-refractivity contribution in [1.82, 2.24) is 10.7 Å². The van der Waals surface area contributed by atoms with Crippen LogP contribution in [-0.4, -0.2) is 45.3 Å². The summed E-state index contributed by atoms with van der Waals surface area (Å²) >= 11 is 8.59. The second-order valence-electron chi connectivity index (χ2n) is 4.43. The number of hydrogen-bond donors (Lipinski definition) is 2. The molecule has 0 heterocycles. The maximum atomic E-state index is 5.26. The second-order valence-corrected chi connectivity index (χ2v) is 5.69. The molecule has 0 saturated heterocycles. The molecule has 8 heteroatoms. The molecule has 0 bridgehead atoms. The van der Waals surface area contributed by atoms with E-state index in [0.29, 0.717) is 23.2 Å². The van der Waals surface area contributed by atoms with Crippen LogP contribution in [0.2, 0.25) is 0 Å². The zero-order valence-electron chi connectivity index (χ0n) is 13.0. The van der Waals surface area contributed by atoms with Crippen LogP contribution in [0.3, 0.4) is 0 Å². The first-order valence-corrected chi connectivity index (χ1v) is 7.72. The number of benzene rings is 1. The van der Waals surface area contributed by atoms with Gasteiger partial charge in [-0.2, -0.15) is 5.10 Å². The van der Waals surface area contributed by atoms with Crippen molar-refractivity contribution in [2.45, 2.75) is 13.0 Å². The van der Waals surface area contributed by atoms with Gasteiger partial charge in [-0.3, -0.25) is 5.43 Å². The van der Waals surface area contributed by atoms with E-state index in [4.69, 9.17) is 26.4 Å². The standard InChI is InChI=1S/C14H20BrN3O3S/c1-9(8-19-2)17-14(22)18-16-7-10-5-12(20-3)13(21-4)6-11(10)15/h5-7,9H,8H2,1-4H3,(H2,17,18,22)/b16-7-/t9-/m0/s1. The van der Waals surface area contributed by atoms with E-state index in [1.807, 2.05) is 19.1 Å². The summed E-state index contributed by atoms with van der Waals surface area (Å²) in [6.07, 6.45) is 1.64. The highest BCUT2D eigenvalue weighted by atomic mass is 79.9. The predicted molar refractivity (Wildman–Crippen MR) is 95.0 cm³/mol. The Morgan fingerprint density at radius 2 is 1.95 bits per heavy atom. The van der Waals surface area contributed by atoms with Crippen molar-refractivity contribution in [2.24, 2.45) is 5.10 Å². The molecule has 0 saturated carbocycles. The molecule has 0 radical (unpaired) electrons. The zero-order chi connectivity index (χ0) is 16.5. The fourth-order valence-electron chi connectivity index (χ4n) is 1.68. The summed E-state index contributed by atoms with van der Waals surface area (Å²) in [6.45, 7) is 2.53. The number of rotatable bonds is 7. The monoisotopic (exact) mass is 389 g/mol. The molecular formula is C14H20BrN3O3S. The van der Waals surface area contributed by atoms with Crippen molar-refractivity contribution >= 4 is 39.5 Å². The van der Waals surface area contributed by atoms with Crippen LogP contribution in [-0.2, 0) is 4.74 Å². The molecule has 1 aromatic carbocycles. The lowest BCUT2D eigenvalue weighted by Crippen LogP contribution is -2.40. The number of nitrogens with one attached hydrogen (secondary N) is 2. The Morgan fingerprint density at radius 3 is 2.55 bits per heavy atom. The Bertz CT molecular complexity index is 540. The molecule has 1 aromatic rings. The van der Waals surface area contributed by atoms with Crippen molar-refractivity contribution < 1.29 is 14.2 Å². The largest absolute Gasteiger partial charge is 0.493 e. The first-order chi connectivity index (χ1) is 10.5. The number of hydrogen-bond acceptors (Lipinski definition) is 5. The molecule has 0 amide bonds. The molecule has 6 nitrogen and oxygen atoms in total. The van der Waals surface area contributed by atoms with Crippen molar-refractivity contribution in [3.8, 4) is 11.5 Å². The summed E-state index contributed by atoms with van der Waals surface area (Å²) in [4.78, 5) is 0. The first-order valence-electron chi connectivity index (χ1n) is 6.51. The first kappa shape index (κ1) is 18.7. The van der Waals surface area contributed by atoms with E-state index >= 15 is 0 Å². The Kier molecular flexibility index (Phi) is 8.15. The third-order valence-corrected chi connectivity index (χ3v) is 3.56. The average Bonchev–Trinajstić information content (AvgIpc) is 2.48. The normalized spacial score (nSPS) is 12.0. The highest BCUT2D eigenvalue weighted by molar-refractivity contribution is 9.10. The van der Waals surface area contributed by atoms with Crippen LogP contribution in [0.4, 0.5) is 0 Å². The Labute approximate surface area is 144 Å². The second kappa shape index (κ2) is 9.60. The minimum Gasteiger partial charge on any atom is -0.493 e. The van der Waals surface area contributed by atoms with Crippen LogP contribution >= 0.6 is 28.1 Å². The summed E-state index contributed by atoms with van der Waals surface area (Å²) in [5, 5.41) is 7.58. The van der Waals surface area contributed by atoms with E-state index < -0.39 is 0 Å². The molecule has 1 atom stereocenters. The molecule has 0 aliphatic carbocycles. The fourth-order valence-corrected chi connectivity index (χ4v) is 2.36. The maximum absolute atomic E-state index is 5.26. The van der Waals surface area contributed by atoms with Crippen LogP contribution in [0.5, 0.6) is 11.5 Å². The Morgan fingerprint density at radius 1 is 1.32 bits per heavy atom. The number of hydrazone groups is 1. The number of ether oxygens (including phenoxy) is 3. The minimum absolute atomic E-state index is 0.105. The van der Waals surface area contributed by atoms with Gasteiger partial charge >= 0.3 is 0 Å². The molecule has 1 rings (SSSR count). The molecule has 0 fully saturated rings. The summed E-state index contributed by atoms with van der Waals surface area (Å²) in [5.74, 6) is 1.27. The van der Waals surface area contributed by atoms with E-state index in [1.165, 1.54) is 0 Å². The molecule has 0 spiro atoms. The highest BCUT2D eigenvalue weighted by Crippen LogP contribution is 2.32. The maximum Gasteiger partial charge on any atom is 0.187 e. The van der Waals surface area contributed by atoms with E-state index in [0.717, 1.165) is 10.0 Å². The predicted octanol–water partition coefficient (Wildman–Crippen LogP) is 2.30. The van der Waals surface area contributed by atoms with Gasteiger partial charge in [-0.15, -0.1) is 0 Å². The lowest BCUT2D eigenvalue weighted by molar-refractivity contribution is 0.179. The van der Waals surface area contributed by atoms with Gasteiger partial charge in [0.2, 0.25) is 0 Å². The van der Waals surface area contributed by atoms with Gasteiger partial charge in [-0.25, -0.2) is 0 Å². The van der Waals surface area contributed by atoms with E-state index in [1.54, 1.807) is 27.5 Å². The van der Waals surface area contributed by atoms with Gasteiger partial charge < -0.3 is 19.5 Å². The molecule has 0 aliphatic rings. The summed E-state index contributed by atoms with van der Waals surface area (Å²) in [5.41, 5.74) is 3.59. The van der Waals surface area contributed by atoms with Gasteiger partial charge in [-0.1, -0.05) is 0 Å². The van der Waals surface area contributed by atoms with E-state index in [9.17, 15) is 0 Å². The van der Waals surface area contributed by atoms with Crippen molar-refractivity contribution in [1.29, 1.82) is 0 Å². The Hall–Kier alpha value is -1.38. The zero-order valence-corrected chi connectivity index (χ0v) is 15.4. The van der Waals surface area contributed by atoms with Gasteiger partial charge in [0.1, 0.15) is 0 Å². The topological polar surface area (TPSA) is 64.1 Å². The summed E-state index contributed by atoms with van der Waals surface area (Å²) < 4.78 is 16.3. The number of methoxy groups -OCH3 is 3. The van der Waals surface area contributed by atoms with Gasteiger partial charge in [-0.05, 0) is 47.2 Å². The molecule has 0 aliphatic heterocycles. The minimum atomic E-state index is 0.105. The highest BCUT2D eigenvalue weighted by Gasteiger charge is 2.08. The molecule has 0 aromatic heterocycles. The van der Waals surface area contributed by atoms with Gasteiger partial charge in [0.05, 0.1) is 27.0 Å². The third kappa shape index (κ3) is 5.78. The van der Waals surface area contributed by atoms with Crippen molar-refractivity contribution in [3.63, 3.8) is 0 Å². The molecule has 22 heavy (non-hydrogen) atoms. The fraction of sp³-hybridized carbons (Fsp3) is 0.429. The SMILES string of the molecule is COC[C@H](C)NC(=S)N/N=C\c1cc(OC)c(OC)cc1Br. The average molecular weight is 390 g/mol. The van der Waals surface area contributed by atoms with Crippen LogP contribution in [0.1, 0.15) is 12.5 Å². The molecular weight excluding hydrogens is 370 g/mol.